The van der Waals surface area contributed by atoms with Crippen molar-refractivity contribution >= 4 is 16.6 Å². The van der Waals surface area contributed by atoms with Crippen LogP contribution in [0.2, 0.25) is 0 Å². The van der Waals surface area contributed by atoms with E-state index in [1.54, 1.807) is 0 Å². The number of hydrazone groups is 1. The fourth-order valence-corrected chi connectivity index (χ4v) is 0.288. The highest BCUT2D eigenvalue weighted by molar-refractivity contribution is 7.93. The van der Waals surface area contributed by atoms with Crippen molar-refractivity contribution in [2.45, 2.75) is 0 Å². The minimum atomic E-state index is -2.03. The summed E-state index contributed by atoms with van der Waals surface area (Å²) >= 11 is -2.03. The van der Waals surface area contributed by atoms with Gasteiger partial charge in [0.1, 0.15) is 12.3 Å². The summed E-state index contributed by atoms with van der Waals surface area (Å²) in [6, 6.07) is 0. The van der Waals surface area contributed by atoms with Gasteiger partial charge in [0.15, 0.2) is 11.1 Å². The number of nitrogens with zero attached hydrogens (tertiary/aromatic N) is 1. The number of rotatable bonds is 3. The molecule has 0 amide bonds. The van der Waals surface area contributed by atoms with Crippen LogP contribution in [-0.2, 0) is 11.1 Å². The Morgan fingerprint density at radius 2 is 2.50 bits per heavy atom. The van der Waals surface area contributed by atoms with Gasteiger partial charge in [0.2, 0.25) is 0 Å². The second-order valence-electron chi connectivity index (χ2n) is 0.827. The normalized spacial score (nSPS) is 14.2. The standard InChI is InChI=1S/C2H6N2O3S/c5-1-3-4-2-8(6)7/h2-3,5H,1H2,(H,6,7)/b4-2+. The first-order valence-electron chi connectivity index (χ1n) is 1.74. The Kier molecular flexibility index (Phi) is 4.42. The summed E-state index contributed by atoms with van der Waals surface area (Å²) in [5.41, 5.74) is 2.81. The molecule has 48 valence electrons. The molecule has 0 saturated heterocycles. The molecule has 0 aromatic carbocycles. The van der Waals surface area contributed by atoms with Crippen LogP contribution < -0.4 is 5.43 Å². The van der Waals surface area contributed by atoms with E-state index in [-0.39, 0.29) is 6.73 Å². The van der Waals surface area contributed by atoms with E-state index in [1.165, 1.54) is 0 Å². The Bertz CT molecular complexity index is 103. The molecule has 1 atom stereocenters. The van der Waals surface area contributed by atoms with Crippen LogP contribution in [0, 0.1) is 0 Å². The highest BCUT2D eigenvalue weighted by atomic mass is 32.2. The largest absolute Gasteiger partial charge is 0.375 e. The fourth-order valence-electron chi connectivity index (χ4n) is 0.123. The smallest absolute Gasteiger partial charge is 0.199 e. The van der Waals surface area contributed by atoms with E-state index in [0.29, 0.717) is 0 Å². The van der Waals surface area contributed by atoms with Crippen molar-refractivity contribution in [1.29, 1.82) is 0 Å². The predicted octanol–water partition coefficient (Wildman–Crippen LogP) is -1.31. The maximum Gasteiger partial charge on any atom is 0.199 e. The Morgan fingerprint density at radius 1 is 1.88 bits per heavy atom. The Hall–Kier alpha value is -0.460. The zero-order valence-electron chi connectivity index (χ0n) is 3.94. The number of aliphatic hydroxyl groups is 1. The molecular weight excluding hydrogens is 132 g/mol. The molecular formula is C2H6N2O3S. The molecule has 0 aromatic heterocycles. The topological polar surface area (TPSA) is 81.9 Å². The SMILES string of the molecule is O=S(O)/C=N/NCO. The lowest BCUT2D eigenvalue weighted by Gasteiger charge is -1.86. The van der Waals surface area contributed by atoms with Crippen molar-refractivity contribution in [3.8, 4) is 0 Å². The summed E-state index contributed by atoms with van der Waals surface area (Å²) in [5.74, 6) is 0. The second-order valence-corrected chi connectivity index (χ2v) is 1.59. The molecule has 0 spiro atoms. The second kappa shape index (κ2) is 4.69. The quantitative estimate of drug-likeness (QED) is 0.149. The van der Waals surface area contributed by atoms with Crippen LogP contribution in [0.1, 0.15) is 0 Å². The lowest BCUT2D eigenvalue weighted by Crippen LogP contribution is -2.06. The van der Waals surface area contributed by atoms with Crippen LogP contribution in [0.4, 0.5) is 0 Å². The van der Waals surface area contributed by atoms with Gasteiger partial charge in [-0.2, -0.15) is 5.10 Å². The average Bonchev–Trinajstić information content (AvgIpc) is 1.66. The van der Waals surface area contributed by atoms with Crippen LogP contribution in [0.15, 0.2) is 5.10 Å². The van der Waals surface area contributed by atoms with Gasteiger partial charge >= 0.3 is 0 Å². The van der Waals surface area contributed by atoms with Gasteiger partial charge in [0.05, 0.1) is 0 Å². The van der Waals surface area contributed by atoms with Gasteiger partial charge in [0.25, 0.3) is 0 Å². The average molecular weight is 138 g/mol. The number of aliphatic hydroxyl groups excluding tert-OH is 1. The van der Waals surface area contributed by atoms with E-state index in [1.807, 2.05) is 0 Å². The van der Waals surface area contributed by atoms with Crippen LogP contribution in [-0.4, -0.2) is 26.1 Å². The molecule has 5 nitrogen and oxygen atoms in total. The van der Waals surface area contributed by atoms with Crippen LogP contribution in [0.5, 0.6) is 0 Å². The van der Waals surface area contributed by atoms with Crippen LogP contribution in [0.3, 0.4) is 0 Å². The van der Waals surface area contributed by atoms with E-state index in [0.717, 1.165) is 5.55 Å². The van der Waals surface area contributed by atoms with Gasteiger partial charge in [-0.25, -0.2) is 4.21 Å². The van der Waals surface area contributed by atoms with Gasteiger partial charge in [-0.1, -0.05) is 0 Å². The molecule has 8 heavy (non-hydrogen) atoms. The van der Waals surface area contributed by atoms with Gasteiger partial charge in [-0.05, 0) is 0 Å². The van der Waals surface area contributed by atoms with Crippen molar-refractivity contribution in [3.05, 3.63) is 0 Å². The molecule has 0 aliphatic heterocycles. The maximum absolute atomic E-state index is 9.71. The molecule has 0 saturated carbocycles. The minimum absolute atomic E-state index is 0.340. The van der Waals surface area contributed by atoms with Gasteiger partial charge < -0.3 is 9.66 Å². The number of hydrogen-bond donors (Lipinski definition) is 3. The third-order valence-electron chi connectivity index (χ3n) is 0.305. The van der Waals surface area contributed by atoms with Crippen molar-refractivity contribution in [3.63, 3.8) is 0 Å². The molecule has 0 radical (unpaired) electrons. The van der Waals surface area contributed by atoms with E-state index >= 15 is 0 Å². The van der Waals surface area contributed by atoms with Crippen LogP contribution >= 0.6 is 0 Å². The number of hydrogen-bond acceptors (Lipinski definition) is 4. The molecule has 0 aliphatic carbocycles. The Morgan fingerprint density at radius 3 is 2.88 bits per heavy atom. The Balaban J connectivity index is 3.20. The third kappa shape index (κ3) is 5.54. The fraction of sp³-hybridized carbons (Fsp3) is 0.500. The van der Waals surface area contributed by atoms with Gasteiger partial charge in [0, 0.05) is 0 Å². The molecule has 0 aliphatic rings. The van der Waals surface area contributed by atoms with Crippen LogP contribution in [0.25, 0.3) is 0 Å². The molecule has 0 heterocycles. The monoisotopic (exact) mass is 138 g/mol. The van der Waals surface area contributed by atoms with Gasteiger partial charge in [-0.15, -0.1) is 0 Å². The van der Waals surface area contributed by atoms with Crippen molar-refractivity contribution in [1.82, 2.24) is 5.43 Å². The van der Waals surface area contributed by atoms with E-state index < -0.39 is 11.1 Å². The molecule has 3 N–H and O–H groups in total. The summed E-state index contributed by atoms with van der Waals surface area (Å²) in [6.07, 6.45) is 0. The molecule has 6 heteroatoms. The first-order valence-corrected chi connectivity index (χ1v) is 2.91. The lowest BCUT2D eigenvalue weighted by molar-refractivity contribution is 0.264. The summed E-state index contributed by atoms with van der Waals surface area (Å²) in [7, 11) is 0. The highest BCUT2D eigenvalue weighted by Crippen LogP contribution is 1.61. The molecule has 0 aromatic rings. The third-order valence-corrected chi connectivity index (χ3v) is 0.591. The van der Waals surface area contributed by atoms with Gasteiger partial charge in [-0.3, -0.25) is 5.43 Å². The summed E-state index contributed by atoms with van der Waals surface area (Å²) < 4.78 is 17.7. The molecule has 1 unspecified atom stereocenters. The predicted molar refractivity (Wildman–Crippen MR) is 29.5 cm³/mol. The molecule has 0 bridgehead atoms. The van der Waals surface area contributed by atoms with E-state index in [4.69, 9.17) is 9.66 Å². The first-order chi connectivity index (χ1) is 3.77. The Labute approximate surface area is 48.7 Å². The minimum Gasteiger partial charge on any atom is -0.375 e. The summed E-state index contributed by atoms with van der Waals surface area (Å²) in [5, 5.41) is 11.1. The highest BCUT2D eigenvalue weighted by Gasteiger charge is 1.78. The van der Waals surface area contributed by atoms with Crippen molar-refractivity contribution in [2.24, 2.45) is 5.10 Å². The van der Waals surface area contributed by atoms with E-state index in [2.05, 4.69) is 10.5 Å². The zero-order chi connectivity index (χ0) is 6.41. The zero-order valence-corrected chi connectivity index (χ0v) is 4.76. The van der Waals surface area contributed by atoms with E-state index in [9.17, 15) is 4.21 Å². The van der Waals surface area contributed by atoms with Crippen molar-refractivity contribution < 1.29 is 13.9 Å². The first kappa shape index (κ1) is 7.54. The summed E-state index contributed by atoms with van der Waals surface area (Å²) in [4.78, 5) is 0. The van der Waals surface area contributed by atoms with Crippen molar-refractivity contribution in [2.75, 3.05) is 6.73 Å². The number of nitrogens with one attached hydrogen (secondary N) is 1. The summed E-state index contributed by atoms with van der Waals surface area (Å²) in [6.45, 7) is -0.340. The molecule has 0 rings (SSSR count). The molecule has 0 fully saturated rings. The lowest BCUT2D eigenvalue weighted by atomic mass is 11.3. The maximum atomic E-state index is 9.71.